The lowest BCUT2D eigenvalue weighted by atomic mass is 10.0. The summed E-state index contributed by atoms with van der Waals surface area (Å²) in [4.78, 5) is 25.3. The molecule has 0 aliphatic carbocycles. The standard InChI is InChI=1S/C15H23ClN4O5/c1-15(2,3)25-14(22)19-5-10(12(7-19)23-4)11-6-20(18-17-11)8-13(21)24-9-16/h6,10,12H,5,7-9H2,1-4H3/t10-,12+/m0/s1. The van der Waals surface area contributed by atoms with Gasteiger partial charge in [-0.2, -0.15) is 0 Å². The van der Waals surface area contributed by atoms with E-state index in [1.54, 1.807) is 18.2 Å². The summed E-state index contributed by atoms with van der Waals surface area (Å²) in [6.45, 7) is 6.17. The molecule has 1 aromatic heterocycles. The average Bonchev–Trinajstić information content (AvgIpc) is 3.11. The first kappa shape index (κ1) is 19.5. The minimum Gasteiger partial charge on any atom is -0.448 e. The van der Waals surface area contributed by atoms with Crippen molar-refractivity contribution in [1.29, 1.82) is 0 Å². The summed E-state index contributed by atoms with van der Waals surface area (Å²) in [6, 6.07) is -0.209. The Bertz CT molecular complexity index is 615. The van der Waals surface area contributed by atoms with E-state index in [1.165, 1.54) is 4.68 Å². The molecule has 0 bridgehead atoms. The molecule has 0 aromatic carbocycles. The molecule has 9 nitrogen and oxygen atoms in total. The van der Waals surface area contributed by atoms with Crippen molar-refractivity contribution in [2.45, 2.75) is 44.9 Å². The van der Waals surface area contributed by atoms with Crippen LogP contribution in [-0.4, -0.2) is 69.9 Å². The van der Waals surface area contributed by atoms with Gasteiger partial charge in [0.1, 0.15) is 12.1 Å². The molecule has 1 aliphatic heterocycles. The van der Waals surface area contributed by atoms with Gasteiger partial charge in [0.05, 0.1) is 24.3 Å². The number of rotatable bonds is 5. The number of hydrogen-bond acceptors (Lipinski definition) is 7. The van der Waals surface area contributed by atoms with E-state index in [2.05, 4.69) is 15.0 Å². The zero-order valence-electron chi connectivity index (χ0n) is 14.8. The van der Waals surface area contributed by atoms with Crippen molar-refractivity contribution < 1.29 is 23.8 Å². The van der Waals surface area contributed by atoms with Crippen LogP contribution < -0.4 is 0 Å². The van der Waals surface area contributed by atoms with Crippen molar-refractivity contribution in [1.82, 2.24) is 19.9 Å². The summed E-state index contributed by atoms with van der Waals surface area (Å²) in [5.41, 5.74) is 0.0699. The van der Waals surface area contributed by atoms with Gasteiger partial charge >= 0.3 is 12.1 Å². The quantitative estimate of drug-likeness (QED) is 0.567. The van der Waals surface area contributed by atoms with E-state index in [1.807, 2.05) is 20.8 Å². The topological polar surface area (TPSA) is 95.8 Å². The van der Waals surface area contributed by atoms with Gasteiger partial charge in [-0.1, -0.05) is 16.8 Å². The van der Waals surface area contributed by atoms with Gasteiger partial charge in [0, 0.05) is 19.9 Å². The van der Waals surface area contributed by atoms with Crippen LogP contribution in [0.3, 0.4) is 0 Å². The molecule has 0 spiro atoms. The lowest BCUT2D eigenvalue weighted by Crippen LogP contribution is -2.36. The molecule has 2 atom stereocenters. The molecule has 0 saturated carbocycles. The molecule has 140 valence electrons. The van der Waals surface area contributed by atoms with Gasteiger partial charge < -0.3 is 19.1 Å². The number of esters is 1. The van der Waals surface area contributed by atoms with Crippen LogP contribution in [0.15, 0.2) is 6.20 Å². The monoisotopic (exact) mass is 374 g/mol. The van der Waals surface area contributed by atoms with E-state index < -0.39 is 17.7 Å². The van der Waals surface area contributed by atoms with Crippen LogP contribution >= 0.6 is 11.6 Å². The van der Waals surface area contributed by atoms with Crippen molar-refractivity contribution in [3.63, 3.8) is 0 Å². The molecule has 10 heteroatoms. The number of methoxy groups -OCH3 is 1. The SMILES string of the molecule is CO[C@@H]1CN(C(=O)OC(C)(C)C)C[C@H]1c1cn(CC(=O)OCCl)nn1. The van der Waals surface area contributed by atoms with Gasteiger partial charge in [0.15, 0.2) is 6.07 Å². The molecule has 1 amide bonds. The number of carbonyl (C=O) groups excluding carboxylic acids is 2. The highest BCUT2D eigenvalue weighted by atomic mass is 35.5. The molecule has 2 heterocycles. The number of amides is 1. The van der Waals surface area contributed by atoms with E-state index in [0.717, 1.165) is 0 Å². The van der Waals surface area contributed by atoms with Crippen molar-refractivity contribution in [2.75, 3.05) is 26.3 Å². The van der Waals surface area contributed by atoms with Crippen LogP contribution in [0.25, 0.3) is 0 Å². The summed E-state index contributed by atoms with van der Waals surface area (Å²) in [6.07, 6.45) is 1.02. The lowest BCUT2D eigenvalue weighted by Gasteiger charge is -2.24. The molecule has 2 rings (SSSR count). The van der Waals surface area contributed by atoms with Crippen LogP contribution in [0.4, 0.5) is 4.79 Å². The van der Waals surface area contributed by atoms with Crippen molar-refractivity contribution >= 4 is 23.7 Å². The van der Waals surface area contributed by atoms with Crippen LogP contribution in [0.1, 0.15) is 32.4 Å². The Kier molecular flexibility index (Phi) is 6.23. The molecule has 1 fully saturated rings. The van der Waals surface area contributed by atoms with Crippen molar-refractivity contribution in [3.8, 4) is 0 Å². The number of likely N-dealkylation sites (tertiary alicyclic amines) is 1. The molecule has 1 saturated heterocycles. The fourth-order valence-electron chi connectivity index (χ4n) is 2.57. The van der Waals surface area contributed by atoms with Gasteiger partial charge in [0.2, 0.25) is 0 Å². The number of carbonyl (C=O) groups is 2. The molecule has 25 heavy (non-hydrogen) atoms. The summed E-state index contributed by atoms with van der Waals surface area (Å²) in [7, 11) is 1.58. The molecule has 0 unspecified atom stereocenters. The van der Waals surface area contributed by atoms with Crippen LogP contribution in [0.5, 0.6) is 0 Å². The third-order valence-electron chi connectivity index (χ3n) is 3.66. The number of nitrogens with zero attached hydrogens (tertiary/aromatic N) is 4. The Morgan fingerprint density at radius 1 is 1.36 bits per heavy atom. The van der Waals surface area contributed by atoms with E-state index in [4.69, 9.17) is 21.1 Å². The van der Waals surface area contributed by atoms with Gasteiger partial charge in [-0.05, 0) is 20.8 Å². The van der Waals surface area contributed by atoms with Gasteiger partial charge in [-0.3, -0.25) is 4.79 Å². The van der Waals surface area contributed by atoms with Gasteiger partial charge in [-0.25, -0.2) is 9.48 Å². The Labute approximate surface area is 151 Å². The minimum atomic E-state index is -0.566. The Balaban J connectivity index is 2.04. The van der Waals surface area contributed by atoms with E-state index in [-0.39, 0.29) is 24.6 Å². The normalized spacial score (nSPS) is 20.6. The predicted octanol–water partition coefficient (Wildman–Crippen LogP) is 1.37. The highest BCUT2D eigenvalue weighted by Gasteiger charge is 2.39. The second kappa shape index (κ2) is 8.01. The molecule has 1 aliphatic rings. The molecule has 1 aromatic rings. The van der Waals surface area contributed by atoms with Crippen LogP contribution in [0.2, 0.25) is 0 Å². The predicted molar refractivity (Wildman–Crippen MR) is 88.2 cm³/mol. The maximum atomic E-state index is 12.3. The third kappa shape index (κ3) is 5.30. The first-order chi connectivity index (χ1) is 11.7. The minimum absolute atomic E-state index is 0.0835. The summed E-state index contributed by atoms with van der Waals surface area (Å²) >= 11 is 5.35. The van der Waals surface area contributed by atoms with E-state index in [0.29, 0.717) is 18.8 Å². The number of aromatic nitrogens is 3. The van der Waals surface area contributed by atoms with Crippen molar-refractivity contribution in [2.24, 2.45) is 0 Å². The summed E-state index contributed by atoms with van der Waals surface area (Å²) in [5, 5.41) is 8.00. The zero-order valence-corrected chi connectivity index (χ0v) is 15.5. The number of hydrogen-bond donors (Lipinski definition) is 0. The highest BCUT2D eigenvalue weighted by Crippen LogP contribution is 2.29. The number of alkyl halides is 1. The van der Waals surface area contributed by atoms with E-state index in [9.17, 15) is 9.59 Å². The van der Waals surface area contributed by atoms with Crippen LogP contribution in [-0.2, 0) is 25.5 Å². The molecule has 0 N–H and O–H groups in total. The lowest BCUT2D eigenvalue weighted by molar-refractivity contribution is -0.142. The maximum absolute atomic E-state index is 12.3. The Morgan fingerprint density at radius 2 is 2.08 bits per heavy atom. The molecular formula is C15H23ClN4O5. The number of ether oxygens (including phenoxy) is 3. The van der Waals surface area contributed by atoms with Crippen molar-refractivity contribution in [3.05, 3.63) is 11.9 Å². The second-order valence-corrected chi connectivity index (χ2v) is 6.95. The highest BCUT2D eigenvalue weighted by molar-refractivity contribution is 6.17. The smallest absolute Gasteiger partial charge is 0.410 e. The van der Waals surface area contributed by atoms with Gasteiger partial charge in [0.25, 0.3) is 0 Å². The Hall–Kier alpha value is -1.87. The third-order valence-corrected chi connectivity index (χ3v) is 3.77. The largest absolute Gasteiger partial charge is 0.448 e. The fraction of sp³-hybridized carbons (Fsp3) is 0.733. The Morgan fingerprint density at radius 3 is 2.68 bits per heavy atom. The summed E-state index contributed by atoms with van der Waals surface area (Å²) in [5.74, 6) is -0.660. The zero-order chi connectivity index (χ0) is 18.6. The number of halogens is 1. The summed E-state index contributed by atoms with van der Waals surface area (Å²) < 4.78 is 16.9. The first-order valence-electron chi connectivity index (χ1n) is 7.86. The first-order valence-corrected chi connectivity index (χ1v) is 8.39. The molecular weight excluding hydrogens is 352 g/mol. The fourth-order valence-corrected chi connectivity index (χ4v) is 2.69. The maximum Gasteiger partial charge on any atom is 0.410 e. The second-order valence-electron chi connectivity index (χ2n) is 6.73. The van der Waals surface area contributed by atoms with Crippen LogP contribution in [0, 0.1) is 0 Å². The average molecular weight is 375 g/mol. The van der Waals surface area contributed by atoms with E-state index >= 15 is 0 Å². The molecule has 0 radical (unpaired) electrons. The van der Waals surface area contributed by atoms with Gasteiger partial charge in [-0.15, -0.1) is 5.10 Å².